The van der Waals surface area contributed by atoms with Crippen molar-refractivity contribution in [3.8, 4) is 0 Å². The maximum Gasteiger partial charge on any atom is 0.227 e. The van der Waals surface area contributed by atoms with Gasteiger partial charge in [0.15, 0.2) is 5.67 Å². The molecule has 3 aromatic heterocycles. The Labute approximate surface area is 204 Å². The van der Waals surface area contributed by atoms with Crippen molar-refractivity contribution in [3.05, 3.63) is 36.3 Å². The van der Waals surface area contributed by atoms with Crippen molar-refractivity contribution >= 4 is 34.2 Å². The van der Waals surface area contributed by atoms with E-state index in [1.165, 1.54) is 6.92 Å². The molecule has 0 amide bonds. The lowest BCUT2D eigenvalue weighted by molar-refractivity contribution is -0.00860. The van der Waals surface area contributed by atoms with Gasteiger partial charge in [0.25, 0.3) is 0 Å². The van der Waals surface area contributed by atoms with Gasteiger partial charge in [-0.3, -0.25) is 0 Å². The fraction of sp³-hybridized carbons (Fsp3) is 0.520. The number of aliphatic hydroxyl groups is 2. The fourth-order valence-electron chi connectivity index (χ4n) is 4.79. The Morgan fingerprint density at radius 3 is 2.66 bits per heavy atom. The van der Waals surface area contributed by atoms with Gasteiger partial charge in [0.1, 0.15) is 17.5 Å². The van der Waals surface area contributed by atoms with Crippen LogP contribution in [-0.2, 0) is 0 Å². The summed E-state index contributed by atoms with van der Waals surface area (Å²) in [6.07, 6.45) is 4.74. The third kappa shape index (κ3) is 4.60. The molecule has 5 heterocycles. The van der Waals surface area contributed by atoms with Gasteiger partial charge in [-0.15, -0.1) is 0 Å². The Morgan fingerprint density at radius 2 is 1.94 bits per heavy atom. The van der Waals surface area contributed by atoms with Gasteiger partial charge in [-0.2, -0.15) is 4.98 Å². The lowest BCUT2D eigenvalue weighted by Crippen LogP contribution is -2.52. The van der Waals surface area contributed by atoms with Crippen LogP contribution >= 0.6 is 0 Å². The van der Waals surface area contributed by atoms with Gasteiger partial charge in [0.2, 0.25) is 5.95 Å². The van der Waals surface area contributed by atoms with Crippen LogP contribution in [0.5, 0.6) is 0 Å². The van der Waals surface area contributed by atoms with Gasteiger partial charge in [0, 0.05) is 56.1 Å². The van der Waals surface area contributed by atoms with E-state index in [1.807, 2.05) is 18.5 Å². The van der Waals surface area contributed by atoms with Crippen molar-refractivity contribution < 1.29 is 14.6 Å². The number of hydrogen-bond acceptors (Lipinski definition) is 9. The number of nitrogens with one attached hydrogen (secondary N) is 1. The van der Waals surface area contributed by atoms with Crippen LogP contribution in [0.3, 0.4) is 0 Å². The van der Waals surface area contributed by atoms with E-state index in [2.05, 4.69) is 39.0 Å². The molecule has 2 atom stereocenters. The maximum absolute atomic E-state index is 14.7. The summed E-state index contributed by atoms with van der Waals surface area (Å²) >= 11 is 0. The standard InChI is InChI=1S/C25H32FN7O2/c1-15(2)18-9-29-23(33-11-16(12-33)13-34)19-10-28-22(8-17(18)19)30-21-4-6-27-24(31-21)32-7-5-20(35)25(3,26)14-32/h4,6,8-10,15-16,20,34-35H,5,7,11-14H2,1-3H3,(H,27,28,30,31)/t20-,25+/m1/s1. The molecule has 35 heavy (non-hydrogen) atoms. The first-order chi connectivity index (χ1) is 16.7. The number of nitrogens with zero attached hydrogens (tertiary/aromatic N) is 6. The van der Waals surface area contributed by atoms with Gasteiger partial charge >= 0.3 is 0 Å². The minimum atomic E-state index is -1.71. The Bertz CT molecular complexity index is 1220. The number of rotatable bonds is 6. The van der Waals surface area contributed by atoms with Crippen LogP contribution in [0.1, 0.15) is 38.7 Å². The highest BCUT2D eigenvalue weighted by atomic mass is 19.1. The zero-order chi connectivity index (χ0) is 24.7. The number of anilines is 4. The quantitative estimate of drug-likeness (QED) is 0.489. The van der Waals surface area contributed by atoms with Crippen LogP contribution in [0, 0.1) is 5.92 Å². The molecule has 5 rings (SSSR count). The lowest BCUT2D eigenvalue weighted by atomic mass is 9.94. The van der Waals surface area contributed by atoms with Gasteiger partial charge in [-0.25, -0.2) is 19.3 Å². The normalized spacial score (nSPS) is 23.1. The summed E-state index contributed by atoms with van der Waals surface area (Å²) in [6.45, 7) is 7.97. The van der Waals surface area contributed by atoms with Crippen LogP contribution in [0.2, 0.25) is 0 Å². The Hall–Kier alpha value is -3.11. The molecule has 0 radical (unpaired) electrons. The highest BCUT2D eigenvalue weighted by Gasteiger charge is 2.39. The molecular weight excluding hydrogens is 449 g/mol. The molecule has 0 unspecified atom stereocenters. The van der Waals surface area contributed by atoms with Crippen molar-refractivity contribution in [3.63, 3.8) is 0 Å². The van der Waals surface area contributed by atoms with Crippen LogP contribution in [0.4, 0.5) is 27.8 Å². The van der Waals surface area contributed by atoms with Gasteiger partial charge in [0.05, 0.1) is 12.6 Å². The van der Waals surface area contributed by atoms with E-state index in [1.54, 1.807) is 17.2 Å². The third-order valence-corrected chi connectivity index (χ3v) is 6.97. The second kappa shape index (κ2) is 9.16. The molecule has 0 saturated carbocycles. The number of halogens is 1. The predicted octanol–water partition coefficient (Wildman–Crippen LogP) is 3.01. The van der Waals surface area contributed by atoms with Gasteiger partial charge < -0.3 is 25.3 Å². The van der Waals surface area contributed by atoms with E-state index in [0.717, 1.165) is 35.2 Å². The van der Waals surface area contributed by atoms with Crippen LogP contribution in [0.15, 0.2) is 30.7 Å². The summed E-state index contributed by atoms with van der Waals surface area (Å²) in [5.41, 5.74) is -0.580. The number of alkyl halides is 1. The van der Waals surface area contributed by atoms with E-state index in [4.69, 9.17) is 4.98 Å². The molecule has 2 aliphatic heterocycles. The van der Waals surface area contributed by atoms with Crippen molar-refractivity contribution in [1.82, 2.24) is 19.9 Å². The zero-order valence-corrected chi connectivity index (χ0v) is 20.3. The van der Waals surface area contributed by atoms with E-state index >= 15 is 0 Å². The number of aromatic nitrogens is 4. The Kier molecular flexibility index (Phi) is 6.18. The predicted molar refractivity (Wildman–Crippen MR) is 134 cm³/mol. The minimum absolute atomic E-state index is 0.0347. The molecule has 186 valence electrons. The van der Waals surface area contributed by atoms with E-state index < -0.39 is 11.8 Å². The Balaban J connectivity index is 1.42. The molecule has 0 spiro atoms. The largest absolute Gasteiger partial charge is 0.396 e. The van der Waals surface area contributed by atoms with Gasteiger partial charge in [-0.1, -0.05) is 13.8 Å². The van der Waals surface area contributed by atoms with Gasteiger partial charge in [-0.05, 0) is 42.3 Å². The number of hydrogen-bond donors (Lipinski definition) is 3. The van der Waals surface area contributed by atoms with E-state index in [9.17, 15) is 14.6 Å². The molecule has 3 N–H and O–H groups in total. The van der Waals surface area contributed by atoms with E-state index in [-0.39, 0.29) is 25.0 Å². The van der Waals surface area contributed by atoms with Crippen LogP contribution in [-0.4, -0.2) is 74.7 Å². The van der Waals surface area contributed by atoms with Crippen molar-refractivity contribution in [1.29, 1.82) is 0 Å². The molecule has 2 aliphatic rings. The first kappa shape index (κ1) is 23.6. The van der Waals surface area contributed by atoms with E-state index in [0.29, 0.717) is 30.5 Å². The first-order valence-electron chi connectivity index (χ1n) is 12.1. The summed E-state index contributed by atoms with van der Waals surface area (Å²) in [7, 11) is 0. The second-order valence-electron chi connectivity index (χ2n) is 10.1. The topological polar surface area (TPSA) is 111 Å². The molecule has 0 aromatic carbocycles. The van der Waals surface area contributed by atoms with Crippen LogP contribution in [0.25, 0.3) is 10.8 Å². The SMILES string of the molecule is CC(C)c1cnc(N2CC(CO)C2)c2cnc(Nc3ccnc(N4CC[C@@H](O)[C@@](C)(F)C4)n3)cc12. The number of pyridine rings is 2. The molecule has 0 bridgehead atoms. The van der Waals surface area contributed by atoms with Crippen LogP contribution < -0.4 is 15.1 Å². The molecule has 2 fully saturated rings. The highest BCUT2D eigenvalue weighted by molar-refractivity contribution is 5.96. The highest BCUT2D eigenvalue weighted by Crippen LogP contribution is 2.35. The summed E-state index contributed by atoms with van der Waals surface area (Å²) in [5.74, 6) is 3.07. The smallest absolute Gasteiger partial charge is 0.227 e. The number of aliphatic hydroxyl groups excluding tert-OH is 2. The van der Waals surface area contributed by atoms with Crippen molar-refractivity contribution in [2.24, 2.45) is 5.92 Å². The average Bonchev–Trinajstić information content (AvgIpc) is 2.80. The molecule has 9 nitrogen and oxygen atoms in total. The summed E-state index contributed by atoms with van der Waals surface area (Å²) in [4.78, 5) is 22.2. The van der Waals surface area contributed by atoms with Crippen molar-refractivity contribution in [2.45, 2.75) is 44.9 Å². The average molecular weight is 482 g/mol. The fourth-order valence-corrected chi connectivity index (χ4v) is 4.79. The lowest BCUT2D eigenvalue weighted by Gasteiger charge is -2.39. The zero-order valence-electron chi connectivity index (χ0n) is 20.3. The minimum Gasteiger partial charge on any atom is -0.396 e. The molecule has 3 aromatic rings. The third-order valence-electron chi connectivity index (χ3n) is 6.97. The summed E-state index contributed by atoms with van der Waals surface area (Å²) in [6, 6.07) is 3.76. The Morgan fingerprint density at radius 1 is 1.14 bits per heavy atom. The molecular formula is C25H32FN7O2. The number of fused-ring (bicyclic) bond motifs is 1. The monoisotopic (exact) mass is 481 g/mol. The second-order valence-corrected chi connectivity index (χ2v) is 10.1. The molecule has 0 aliphatic carbocycles. The summed E-state index contributed by atoms with van der Waals surface area (Å²) < 4.78 is 14.7. The first-order valence-corrected chi connectivity index (χ1v) is 12.1. The number of piperidine rings is 1. The van der Waals surface area contributed by atoms with Crippen molar-refractivity contribution in [2.75, 3.05) is 47.9 Å². The summed E-state index contributed by atoms with van der Waals surface area (Å²) in [5, 5.41) is 24.6. The molecule has 10 heteroatoms. The maximum atomic E-state index is 14.7. The molecule has 2 saturated heterocycles.